The molecule has 2 rings (SSSR count). The fourth-order valence-electron chi connectivity index (χ4n) is 1.49. The molecule has 1 aromatic carbocycles. The van der Waals surface area contributed by atoms with Gasteiger partial charge in [0.25, 0.3) is 0 Å². The Morgan fingerprint density at radius 3 is 2.55 bits per heavy atom. The molecular formula is C15H13NO4. The van der Waals surface area contributed by atoms with E-state index in [1.165, 1.54) is 12.3 Å². The highest BCUT2D eigenvalue weighted by molar-refractivity contribution is 5.84. The Labute approximate surface area is 115 Å². The molecule has 102 valence electrons. The highest BCUT2D eigenvalue weighted by Crippen LogP contribution is 2.14. The van der Waals surface area contributed by atoms with Gasteiger partial charge in [0.05, 0.1) is 11.9 Å². The zero-order valence-corrected chi connectivity index (χ0v) is 10.6. The molecule has 2 aromatic rings. The lowest BCUT2D eigenvalue weighted by Gasteiger charge is -2.06. The number of aromatic nitrogens is 1. The Morgan fingerprint density at radius 2 is 1.95 bits per heavy atom. The number of benzene rings is 1. The van der Waals surface area contributed by atoms with Crippen LogP contribution in [0.2, 0.25) is 0 Å². The first-order valence-electron chi connectivity index (χ1n) is 5.91. The van der Waals surface area contributed by atoms with Gasteiger partial charge in [-0.15, -0.1) is 0 Å². The molecule has 20 heavy (non-hydrogen) atoms. The summed E-state index contributed by atoms with van der Waals surface area (Å²) in [6.45, 7) is 0.367. The lowest BCUT2D eigenvalue weighted by molar-refractivity contribution is -0.131. The number of carboxylic acid groups (broad SMARTS) is 1. The van der Waals surface area contributed by atoms with E-state index in [0.717, 1.165) is 11.6 Å². The van der Waals surface area contributed by atoms with Crippen LogP contribution in [0.5, 0.6) is 11.5 Å². The summed E-state index contributed by atoms with van der Waals surface area (Å²) in [5.74, 6) is -0.213. The second kappa shape index (κ2) is 6.38. The quantitative estimate of drug-likeness (QED) is 0.816. The van der Waals surface area contributed by atoms with Crippen LogP contribution in [0.1, 0.15) is 11.3 Å². The molecule has 0 amide bonds. The Hall–Kier alpha value is -2.82. The van der Waals surface area contributed by atoms with Crippen molar-refractivity contribution in [2.45, 2.75) is 6.61 Å². The van der Waals surface area contributed by atoms with Crippen LogP contribution >= 0.6 is 0 Å². The van der Waals surface area contributed by atoms with Crippen molar-refractivity contribution in [2.75, 3.05) is 0 Å². The van der Waals surface area contributed by atoms with Gasteiger partial charge in [0, 0.05) is 6.08 Å². The number of pyridine rings is 1. The lowest BCUT2D eigenvalue weighted by Crippen LogP contribution is -1.95. The molecule has 1 aromatic heterocycles. The molecule has 0 atom stereocenters. The molecule has 0 fully saturated rings. The van der Waals surface area contributed by atoms with Crippen LogP contribution in [0.4, 0.5) is 0 Å². The topological polar surface area (TPSA) is 79.7 Å². The molecule has 1 heterocycles. The smallest absolute Gasteiger partial charge is 0.328 e. The number of aromatic hydroxyl groups is 1. The zero-order chi connectivity index (χ0) is 14.4. The number of rotatable bonds is 5. The van der Waals surface area contributed by atoms with Crippen molar-refractivity contribution >= 4 is 12.0 Å². The first-order valence-corrected chi connectivity index (χ1v) is 5.91. The first-order chi connectivity index (χ1) is 9.63. The molecule has 5 heteroatoms. The molecule has 0 spiro atoms. The summed E-state index contributed by atoms with van der Waals surface area (Å²) < 4.78 is 5.53. The van der Waals surface area contributed by atoms with Crippen LogP contribution in [0, 0.1) is 0 Å². The summed E-state index contributed by atoms with van der Waals surface area (Å²) >= 11 is 0. The maximum absolute atomic E-state index is 10.4. The molecule has 0 unspecified atom stereocenters. The van der Waals surface area contributed by atoms with E-state index in [1.54, 1.807) is 36.4 Å². The summed E-state index contributed by atoms with van der Waals surface area (Å²) in [7, 11) is 0. The van der Waals surface area contributed by atoms with E-state index in [1.807, 2.05) is 0 Å². The van der Waals surface area contributed by atoms with Crippen LogP contribution in [0.15, 0.2) is 48.7 Å². The van der Waals surface area contributed by atoms with Gasteiger partial charge >= 0.3 is 5.97 Å². The third kappa shape index (κ3) is 4.13. The van der Waals surface area contributed by atoms with E-state index < -0.39 is 5.97 Å². The van der Waals surface area contributed by atoms with E-state index in [-0.39, 0.29) is 5.75 Å². The number of aliphatic carboxylic acids is 1. The van der Waals surface area contributed by atoms with Crippen LogP contribution in [0.25, 0.3) is 6.08 Å². The zero-order valence-electron chi connectivity index (χ0n) is 10.6. The van der Waals surface area contributed by atoms with Crippen molar-refractivity contribution in [3.63, 3.8) is 0 Å². The number of hydrogen-bond acceptors (Lipinski definition) is 4. The number of nitrogens with zero attached hydrogens (tertiary/aromatic N) is 1. The van der Waals surface area contributed by atoms with E-state index >= 15 is 0 Å². The van der Waals surface area contributed by atoms with Crippen molar-refractivity contribution in [3.8, 4) is 11.5 Å². The van der Waals surface area contributed by atoms with E-state index in [9.17, 15) is 4.79 Å². The molecule has 0 saturated heterocycles. The summed E-state index contributed by atoms with van der Waals surface area (Å²) in [5.41, 5.74) is 1.47. The minimum Gasteiger partial charge on any atom is -0.508 e. The second-order valence-corrected chi connectivity index (χ2v) is 4.05. The van der Waals surface area contributed by atoms with E-state index in [0.29, 0.717) is 18.1 Å². The molecule has 0 bridgehead atoms. The predicted molar refractivity (Wildman–Crippen MR) is 73.3 cm³/mol. The third-order valence-corrected chi connectivity index (χ3v) is 2.50. The third-order valence-electron chi connectivity index (χ3n) is 2.50. The fourth-order valence-corrected chi connectivity index (χ4v) is 1.49. The highest BCUT2D eigenvalue weighted by Gasteiger charge is 1.98. The van der Waals surface area contributed by atoms with Crippen LogP contribution in [-0.4, -0.2) is 21.2 Å². The van der Waals surface area contributed by atoms with E-state index in [2.05, 4.69) is 4.98 Å². The Balaban J connectivity index is 1.93. The molecule has 0 saturated carbocycles. The number of carboxylic acids is 1. The van der Waals surface area contributed by atoms with Gasteiger partial charge in [-0.1, -0.05) is 12.1 Å². The molecule has 0 aliphatic rings. The number of ether oxygens (including phenoxy) is 1. The SMILES string of the molecule is O=C(O)/C=C/c1ccc(OCc2ccc(O)cc2)cn1. The highest BCUT2D eigenvalue weighted by atomic mass is 16.5. The summed E-state index contributed by atoms with van der Waals surface area (Å²) in [6.07, 6.45) is 3.97. The van der Waals surface area contributed by atoms with Gasteiger partial charge in [-0.25, -0.2) is 4.79 Å². The van der Waals surface area contributed by atoms with Crippen molar-refractivity contribution in [1.82, 2.24) is 4.98 Å². The molecule has 0 radical (unpaired) electrons. The molecular weight excluding hydrogens is 258 g/mol. The Morgan fingerprint density at radius 1 is 1.20 bits per heavy atom. The minimum atomic E-state index is -1.01. The van der Waals surface area contributed by atoms with Crippen molar-refractivity contribution < 1.29 is 19.7 Å². The monoisotopic (exact) mass is 271 g/mol. The Kier molecular flexibility index (Phi) is 4.34. The number of phenolic OH excluding ortho intramolecular Hbond substituents is 1. The minimum absolute atomic E-state index is 0.213. The molecule has 5 nitrogen and oxygen atoms in total. The molecule has 2 N–H and O–H groups in total. The van der Waals surface area contributed by atoms with Gasteiger partial charge < -0.3 is 14.9 Å². The van der Waals surface area contributed by atoms with Crippen LogP contribution in [0.3, 0.4) is 0 Å². The van der Waals surface area contributed by atoms with Crippen molar-refractivity contribution in [2.24, 2.45) is 0 Å². The van der Waals surface area contributed by atoms with Gasteiger partial charge in [-0.3, -0.25) is 4.98 Å². The van der Waals surface area contributed by atoms with Gasteiger partial charge in [0.15, 0.2) is 0 Å². The average molecular weight is 271 g/mol. The molecule has 0 aliphatic carbocycles. The number of phenols is 1. The molecule has 0 aliphatic heterocycles. The van der Waals surface area contributed by atoms with Gasteiger partial charge in [0.2, 0.25) is 0 Å². The van der Waals surface area contributed by atoms with Crippen molar-refractivity contribution in [3.05, 3.63) is 59.9 Å². The predicted octanol–water partition coefficient (Wildman–Crippen LogP) is 2.46. The summed E-state index contributed by atoms with van der Waals surface area (Å²) in [5, 5.41) is 17.7. The van der Waals surface area contributed by atoms with Gasteiger partial charge in [-0.2, -0.15) is 0 Å². The van der Waals surface area contributed by atoms with Crippen LogP contribution in [-0.2, 0) is 11.4 Å². The summed E-state index contributed by atoms with van der Waals surface area (Å²) in [6, 6.07) is 10.1. The average Bonchev–Trinajstić information content (AvgIpc) is 2.45. The Bertz CT molecular complexity index is 603. The summed E-state index contributed by atoms with van der Waals surface area (Å²) in [4.78, 5) is 14.4. The number of hydrogen-bond donors (Lipinski definition) is 2. The van der Waals surface area contributed by atoms with Crippen LogP contribution < -0.4 is 4.74 Å². The second-order valence-electron chi connectivity index (χ2n) is 4.05. The fraction of sp³-hybridized carbons (Fsp3) is 0.0667. The largest absolute Gasteiger partial charge is 0.508 e. The maximum atomic E-state index is 10.4. The first kappa shape index (κ1) is 13.6. The van der Waals surface area contributed by atoms with Crippen molar-refractivity contribution in [1.29, 1.82) is 0 Å². The maximum Gasteiger partial charge on any atom is 0.328 e. The standard InChI is InChI=1S/C15H13NO4/c17-13-5-1-11(2-6-13)10-20-14-7-3-12(16-9-14)4-8-15(18)19/h1-9,17H,10H2,(H,18,19)/b8-4+. The lowest BCUT2D eigenvalue weighted by atomic mass is 10.2. The van der Waals surface area contributed by atoms with Gasteiger partial charge in [0.1, 0.15) is 18.1 Å². The normalized spacial score (nSPS) is 10.6. The van der Waals surface area contributed by atoms with Gasteiger partial charge in [-0.05, 0) is 35.9 Å². The van der Waals surface area contributed by atoms with E-state index in [4.69, 9.17) is 14.9 Å². The number of carbonyl (C=O) groups is 1.